The number of rotatable bonds is 11. The molecule has 11 heteroatoms. The summed E-state index contributed by atoms with van der Waals surface area (Å²) in [5.41, 5.74) is 0.602. The normalized spacial score (nSPS) is 11.4. The number of carbonyl (C=O) groups is 1. The van der Waals surface area contributed by atoms with Gasteiger partial charge in [0.25, 0.3) is 5.91 Å². The van der Waals surface area contributed by atoms with Gasteiger partial charge in [0, 0.05) is 32.5 Å². The van der Waals surface area contributed by atoms with Crippen molar-refractivity contribution >= 4 is 11.6 Å². The molecule has 11 nitrogen and oxygen atoms in total. The molecule has 0 aliphatic heterocycles. The molecule has 29 heavy (non-hydrogen) atoms. The van der Waals surface area contributed by atoms with Crippen molar-refractivity contribution in [3.8, 4) is 0 Å². The summed E-state index contributed by atoms with van der Waals surface area (Å²) in [4.78, 5) is 24.4. The van der Waals surface area contributed by atoms with Crippen molar-refractivity contribution in [2.24, 2.45) is 0 Å². The Kier molecular flexibility index (Phi) is 7.09. The first kappa shape index (κ1) is 20.7. The Hall–Kier alpha value is -3.05. The number of fused-ring (bicyclic) bond motifs is 1. The molecule has 3 aromatic heterocycles. The Bertz CT molecular complexity index is 987. The molecule has 3 aromatic rings. The van der Waals surface area contributed by atoms with E-state index in [1.807, 2.05) is 19.9 Å². The van der Waals surface area contributed by atoms with E-state index in [0.29, 0.717) is 44.9 Å². The molecule has 0 atom stereocenters. The van der Waals surface area contributed by atoms with Crippen LogP contribution in [0.25, 0.3) is 5.65 Å². The van der Waals surface area contributed by atoms with Crippen LogP contribution in [-0.2, 0) is 22.6 Å². The van der Waals surface area contributed by atoms with Crippen LogP contribution in [0.4, 0.5) is 0 Å². The van der Waals surface area contributed by atoms with E-state index < -0.39 is 6.29 Å². The van der Waals surface area contributed by atoms with Crippen molar-refractivity contribution < 1.29 is 14.3 Å². The minimum absolute atomic E-state index is 0.201. The van der Waals surface area contributed by atoms with Crippen molar-refractivity contribution in [2.75, 3.05) is 19.8 Å². The van der Waals surface area contributed by atoms with Crippen LogP contribution < -0.4 is 11.0 Å². The van der Waals surface area contributed by atoms with Gasteiger partial charge in [0.15, 0.2) is 17.6 Å². The fraction of sp³-hybridized carbons (Fsp3) is 0.500. The van der Waals surface area contributed by atoms with Crippen LogP contribution in [0.5, 0.6) is 0 Å². The maximum atomic E-state index is 12.2. The zero-order chi connectivity index (χ0) is 20.6. The molecule has 1 amide bonds. The molecule has 0 unspecified atom stereocenters. The second-order valence-corrected chi connectivity index (χ2v) is 6.21. The molecule has 0 aliphatic rings. The molecule has 1 N–H and O–H groups in total. The highest BCUT2D eigenvalue weighted by atomic mass is 16.7. The van der Waals surface area contributed by atoms with Crippen LogP contribution in [0.2, 0.25) is 0 Å². The molecule has 0 aliphatic carbocycles. The summed E-state index contributed by atoms with van der Waals surface area (Å²) >= 11 is 0. The predicted octanol–water partition coefficient (Wildman–Crippen LogP) is 0.307. The minimum atomic E-state index is -0.439. The Balaban J connectivity index is 1.47. The van der Waals surface area contributed by atoms with Gasteiger partial charge in [-0.1, -0.05) is 11.3 Å². The number of carbonyl (C=O) groups excluding carboxylic acids is 1. The van der Waals surface area contributed by atoms with Crippen LogP contribution in [0.1, 0.15) is 30.8 Å². The zero-order valence-electron chi connectivity index (χ0n) is 16.5. The van der Waals surface area contributed by atoms with Crippen molar-refractivity contribution in [2.45, 2.75) is 39.6 Å². The number of hydrogen-bond donors (Lipinski definition) is 1. The topological polar surface area (TPSA) is 118 Å². The summed E-state index contributed by atoms with van der Waals surface area (Å²) < 4.78 is 15.3. The van der Waals surface area contributed by atoms with E-state index >= 15 is 0 Å². The summed E-state index contributed by atoms with van der Waals surface area (Å²) in [6.45, 7) is 5.92. The van der Waals surface area contributed by atoms with Crippen molar-refractivity contribution in [1.29, 1.82) is 0 Å². The lowest BCUT2D eigenvalue weighted by Crippen LogP contribution is -2.27. The number of pyridine rings is 1. The highest BCUT2D eigenvalue weighted by molar-refractivity contribution is 5.91. The summed E-state index contributed by atoms with van der Waals surface area (Å²) in [7, 11) is 0. The minimum Gasteiger partial charge on any atom is -0.351 e. The van der Waals surface area contributed by atoms with E-state index in [9.17, 15) is 9.59 Å². The molecule has 0 saturated carbocycles. The van der Waals surface area contributed by atoms with E-state index in [2.05, 4.69) is 20.7 Å². The van der Waals surface area contributed by atoms with Crippen LogP contribution in [0.3, 0.4) is 0 Å². The molecule has 0 radical (unpaired) electrons. The number of hydrogen-bond acceptors (Lipinski definition) is 7. The number of nitrogens with zero attached hydrogens (tertiary/aromatic N) is 6. The molecule has 3 heterocycles. The predicted molar refractivity (Wildman–Crippen MR) is 103 cm³/mol. The smallest absolute Gasteiger partial charge is 0.350 e. The van der Waals surface area contributed by atoms with Gasteiger partial charge in [0.2, 0.25) is 0 Å². The lowest BCUT2D eigenvalue weighted by atomic mass is 10.4. The number of nitrogens with one attached hydrogen (secondary N) is 1. The van der Waals surface area contributed by atoms with Gasteiger partial charge in [0.05, 0.1) is 12.7 Å². The summed E-state index contributed by atoms with van der Waals surface area (Å²) in [6.07, 6.45) is 3.34. The van der Waals surface area contributed by atoms with Crippen LogP contribution >= 0.6 is 0 Å². The molecule has 0 fully saturated rings. The van der Waals surface area contributed by atoms with Gasteiger partial charge in [0.1, 0.15) is 0 Å². The lowest BCUT2D eigenvalue weighted by Gasteiger charge is -2.16. The quantitative estimate of drug-likeness (QED) is 0.361. The first-order valence-electron chi connectivity index (χ1n) is 9.58. The first-order valence-corrected chi connectivity index (χ1v) is 9.58. The fourth-order valence-electron chi connectivity index (χ4n) is 2.80. The monoisotopic (exact) mass is 403 g/mol. The lowest BCUT2D eigenvalue weighted by molar-refractivity contribution is -0.145. The Labute approximate surface area is 167 Å². The molecule has 3 rings (SSSR count). The Morgan fingerprint density at radius 3 is 2.76 bits per heavy atom. The van der Waals surface area contributed by atoms with E-state index in [-0.39, 0.29) is 17.3 Å². The van der Waals surface area contributed by atoms with E-state index in [4.69, 9.17) is 9.47 Å². The molecule has 0 aromatic carbocycles. The van der Waals surface area contributed by atoms with E-state index in [1.165, 1.54) is 13.8 Å². The summed E-state index contributed by atoms with van der Waals surface area (Å²) in [5.74, 6) is -0.331. The van der Waals surface area contributed by atoms with Gasteiger partial charge in [-0.05, 0) is 32.4 Å². The molecule has 0 saturated heterocycles. The number of aryl methyl sites for hydroxylation is 1. The second kappa shape index (κ2) is 9.94. The highest BCUT2D eigenvalue weighted by Gasteiger charge is 2.14. The van der Waals surface area contributed by atoms with Gasteiger partial charge >= 0.3 is 5.69 Å². The van der Waals surface area contributed by atoms with Gasteiger partial charge in [-0.3, -0.25) is 9.20 Å². The number of amides is 1. The van der Waals surface area contributed by atoms with E-state index in [1.54, 1.807) is 24.5 Å². The van der Waals surface area contributed by atoms with Gasteiger partial charge in [-0.15, -0.1) is 10.2 Å². The SMILES string of the molecule is CCOC(Cn1cc(C(=O)NCCCn2nc3ccccn3c2=O)nn1)OCC. The molecule has 0 bridgehead atoms. The average Bonchev–Trinajstić information content (AvgIpc) is 3.31. The number of aromatic nitrogens is 6. The third-order valence-corrected chi connectivity index (χ3v) is 4.13. The third-order valence-electron chi connectivity index (χ3n) is 4.13. The first-order chi connectivity index (χ1) is 14.1. The second-order valence-electron chi connectivity index (χ2n) is 6.21. The van der Waals surface area contributed by atoms with Crippen LogP contribution in [0, 0.1) is 0 Å². The fourth-order valence-corrected chi connectivity index (χ4v) is 2.80. The largest absolute Gasteiger partial charge is 0.351 e. The van der Waals surface area contributed by atoms with Gasteiger partial charge < -0.3 is 14.8 Å². The van der Waals surface area contributed by atoms with Crippen molar-refractivity contribution in [3.63, 3.8) is 0 Å². The highest BCUT2D eigenvalue weighted by Crippen LogP contribution is 2.01. The zero-order valence-corrected chi connectivity index (χ0v) is 16.5. The maximum absolute atomic E-state index is 12.2. The van der Waals surface area contributed by atoms with E-state index in [0.717, 1.165) is 0 Å². The molecular weight excluding hydrogens is 378 g/mol. The molecular formula is C18H25N7O4. The van der Waals surface area contributed by atoms with Crippen LogP contribution in [0.15, 0.2) is 35.4 Å². The Morgan fingerprint density at radius 2 is 2.03 bits per heavy atom. The van der Waals surface area contributed by atoms with Crippen molar-refractivity contribution in [1.82, 2.24) is 34.5 Å². The molecule has 156 valence electrons. The molecule has 0 spiro atoms. The van der Waals surface area contributed by atoms with Gasteiger partial charge in [-0.25, -0.2) is 14.2 Å². The van der Waals surface area contributed by atoms with Crippen LogP contribution in [-0.4, -0.2) is 61.1 Å². The standard InChI is InChI=1S/C18H25N7O4/c1-3-28-16(29-4-2)13-23-12-14(20-22-23)17(26)19-9-7-11-25-18(27)24-10-6-5-8-15(24)21-25/h5-6,8,10,12,16H,3-4,7,9,11,13H2,1-2H3,(H,19,26). The summed E-state index contributed by atoms with van der Waals surface area (Å²) in [6, 6.07) is 5.37. The average molecular weight is 403 g/mol. The maximum Gasteiger partial charge on any atom is 0.350 e. The van der Waals surface area contributed by atoms with Gasteiger partial charge in [-0.2, -0.15) is 0 Å². The summed E-state index contributed by atoms with van der Waals surface area (Å²) in [5, 5.41) is 14.9. The Morgan fingerprint density at radius 1 is 1.24 bits per heavy atom. The third kappa shape index (κ3) is 5.27. The number of ether oxygens (including phenoxy) is 2. The van der Waals surface area contributed by atoms with Crippen molar-refractivity contribution in [3.05, 3.63) is 46.8 Å².